The highest BCUT2D eigenvalue weighted by Gasteiger charge is 2.45. The van der Waals surface area contributed by atoms with Crippen LogP contribution in [0.3, 0.4) is 0 Å². The molecule has 8 heteroatoms. The number of aliphatic hydroxyl groups excluding tert-OH is 4. The molecule has 0 aromatic carbocycles. The monoisotopic (exact) mass is 252 g/mol. The SMILES string of the molecule is CC(OC1C(CO)OC(O)C(O)C1O)C(=O)O. The fraction of sp³-hybridized carbons (Fsp3) is 0.889. The van der Waals surface area contributed by atoms with Gasteiger partial charge in [0.05, 0.1) is 6.61 Å². The van der Waals surface area contributed by atoms with Crippen molar-refractivity contribution in [3.8, 4) is 0 Å². The third-order valence-corrected chi connectivity index (χ3v) is 2.55. The number of aliphatic carboxylic acids is 1. The van der Waals surface area contributed by atoms with Crippen molar-refractivity contribution in [2.45, 2.75) is 43.7 Å². The van der Waals surface area contributed by atoms with Crippen LogP contribution in [0.5, 0.6) is 0 Å². The topological polar surface area (TPSA) is 137 Å². The Bertz CT molecular complexity index is 268. The maximum absolute atomic E-state index is 10.6. The number of ether oxygens (including phenoxy) is 2. The Morgan fingerprint density at radius 1 is 1.35 bits per heavy atom. The first-order chi connectivity index (χ1) is 7.88. The van der Waals surface area contributed by atoms with E-state index in [4.69, 9.17) is 19.7 Å². The molecule has 0 aliphatic carbocycles. The number of hydrogen-bond acceptors (Lipinski definition) is 7. The summed E-state index contributed by atoms with van der Waals surface area (Å²) in [6, 6.07) is 0. The fourth-order valence-electron chi connectivity index (χ4n) is 1.53. The fourth-order valence-corrected chi connectivity index (χ4v) is 1.53. The van der Waals surface area contributed by atoms with Crippen molar-refractivity contribution < 1.29 is 39.8 Å². The van der Waals surface area contributed by atoms with Gasteiger partial charge in [0, 0.05) is 0 Å². The van der Waals surface area contributed by atoms with Gasteiger partial charge in [0.1, 0.15) is 24.4 Å². The maximum Gasteiger partial charge on any atom is 0.332 e. The van der Waals surface area contributed by atoms with E-state index in [2.05, 4.69) is 0 Å². The quantitative estimate of drug-likeness (QED) is 0.364. The normalized spacial score (nSPS) is 39.9. The molecule has 1 heterocycles. The summed E-state index contributed by atoms with van der Waals surface area (Å²) in [5.41, 5.74) is 0. The van der Waals surface area contributed by atoms with Gasteiger partial charge in [-0.2, -0.15) is 0 Å². The van der Waals surface area contributed by atoms with Crippen LogP contribution in [0, 0.1) is 0 Å². The van der Waals surface area contributed by atoms with Crippen molar-refractivity contribution in [1.29, 1.82) is 0 Å². The van der Waals surface area contributed by atoms with Gasteiger partial charge >= 0.3 is 5.97 Å². The highest BCUT2D eigenvalue weighted by Crippen LogP contribution is 2.23. The summed E-state index contributed by atoms with van der Waals surface area (Å²) in [7, 11) is 0. The molecule has 0 aromatic rings. The molecule has 0 aromatic heterocycles. The zero-order valence-corrected chi connectivity index (χ0v) is 9.13. The zero-order chi connectivity index (χ0) is 13.2. The van der Waals surface area contributed by atoms with E-state index in [0.717, 1.165) is 0 Å². The lowest BCUT2D eigenvalue weighted by Gasteiger charge is -2.40. The minimum atomic E-state index is -1.65. The van der Waals surface area contributed by atoms with E-state index < -0.39 is 49.4 Å². The average Bonchev–Trinajstić information content (AvgIpc) is 2.29. The van der Waals surface area contributed by atoms with Gasteiger partial charge in [-0.15, -0.1) is 0 Å². The molecule has 0 saturated carbocycles. The molecule has 1 aliphatic heterocycles. The van der Waals surface area contributed by atoms with Gasteiger partial charge in [-0.25, -0.2) is 4.79 Å². The Morgan fingerprint density at radius 2 is 1.94 bits per heavy atom. The Labute approximate surface area is 97.0 Å². The van der Waals surface area contributed by atoms with Gasteiger partial charge in [0.25, 0.3) is 0 Å². The molecule has 5 N–H and O–H groups in total. The summed E-state index contributed by atoms with van der Waals surface area (Å²) >= 11 is 0. The summed E-state index contributed by atoms with van der Waals surface area (Å²) in [4.78, 5) is 10.6. The molecule has 1 aliphatic rings. The third-order valence-electron chi connectivity index (χ3n) is 2.55. The number of carbonyl (C=O) groups is 1. The number of carboxylic acid groups (broad SMARTS) is 1. The van der Waals surface area contributed by atoms with Crippen molar-refractivity contribution in [3.63, 3.8) is 0 Å². The number of hydrogen-bond donors (Lipinski definition) is 5. The van der Waals surface area contributed by atoms with Crippen LogP contribution in [0.4, 0.5) is 0 Å². The highest BCUT2D eigenvalue weighted by atomic mass is 16.7. The lowest BCUT2D eigenvalue weighted by Crippen LogP contribution is -2.60. The molecule has 0 spiro atoms. The second kappa shape index (κ2) is 5.71. The molecular formula is C9H16O8. The van der Waals surface area contributed by atoms with Gasteiger partial charge in [0.2, 0.25) is 0 Å². The Hall–Kier alpha value is -0.770. The van der Waals surface area contributed by atoms with Crippen molar-refractivity contribution in [2.24, 2.45) is 0 Å². The van der Waals surface area contributed by atoms with E-state index in [1.807, 2.05) is 0 Å². The summed E-state index contributed by atoms with van der Waals surface area (Å²) < 4.78 is 9.77. The van der Waals surface area contributed by atoms with Gasteiger partial charge in [-0.3, -0.25) is 0 Å². The zero-order valence-electron chi connectivity index (χ0n) is 9.13. The molecule has 1 rings (SSSR count). The van der Waals surface area contributed by atoms with Gasteiger partial charge in [-0.1, -0.05) is 0 Å². The Balaban J connectivity index is 2.75. The van der Waals surface area contributed by atoms with Crippen LogP contribution in [0.2, 0.25) is 0 Å². The van der Waals surface area contributed by atoms with Gasteiger partial charge in [0.15, 0.2) is 12.4 Å². The van der Waals surface area contributed by atoms with Crippen LogP contribution >= 0.6 is 0 Å². The van der Waals surface area contributed by atoms with Crippen molar-refractivity contribution in [2.75, 3.05) is 6.61 Å². The van der Waals surface area contributed by atoms with Crippen LogP contribution in [0.25, 0.3) is 0 Å². The summed E-state index contributed by atoms with van der Waals surface area (Å²) in [5.74, 6) is -1.26. The molecule has 0 bridgehead atoms. The first kappa shape index (κ1) is 14.3. The first-order valence-corrected chi connectivity index (χ1v) is 5.07. The molecular weight excluding hydrogens is 236 g/mol. The standard InChI is InChI=1S/C9H16O8/c1-3(8(13)14)16-7-4(2-10)17-9(15)6(12)5(7)11/h3-7,9-12,15H,2H2,1H3,(H,13,14). The number of rotatable bonds is 4. The molecule has 8 nitrogen and oxygen atoms in total. The molecule has 0 amide bonds. The van der Waals surface area contributed by atoms with Gasteiger partial charge in [-0.05, 0) is 6.92 Å². The minimum Gasteiger partial charge on any atom is -0.479 e. The number of carboxylic acids is 1. The molecule has 6 unspecified atom stereocenters. The van der Waals surface area contributed by atoms with Crippen LogP contribution < -0.4 is 0 Å². The van der Waals surface area contributed by atoms with E-state index >= 15 is 0 Å². The summed E-state index contributed by atoms with van der Waals surface area (Å²) in [5, 5.41) is 45.8. The predicted molar refractivity (Wildman–Crippen MR) is 52.0 cm³/mol. The second-order valence-electron chi connectivity index (χ2n) is 3.81. The molecule has 1 saturated heterocycles. The van der Waals surface area contributed by atoms with Crippen LogP contribution in [-0.4, -0.2) is 74.9 Å². The van der Waals surface area contributed by atoms with E-state index in [0.29, 0.717) is 0 Å². The molecule has 17 heavy (non-hydrogen) atoms. The second-order valence-corrected chi connectivity index (χ2v) is 3.81. The van der Waals surface area contributed by atoms with Crippen LogP contribution in [0.1, 0.15) is 6.92 Å². The average molecular weight is 252 g/mol. The van der Waals surface area contributed by atoms with Crippen LogP contribution in [0.15, 0.2) is 0 Å². The maximum atomic E-state index is 10.6. The third kappa shape index (κ3) is 3.12. The predicted octanol–water partition coefficient (Wildman–Crippen LogP) is -2.72. The minimum absolute atomic E-state index is 0.585. The van der Waals surface area contributed by atoms with E-state index in [1.165, 1.54) is 6.92 Å². The van der Waals surface area contributed by atoms with Crippen molar-refractivity contribution in [3.05, 3.63) is 0 Å². The molecule has 1 fully saturated rings. The van der Waals surface area contributed by atoms with Crippen molar-refractivity contribution >= 4 is 5.97 Å². The highest BCUT2D eigenvalue weighted by molar-refractivity contribution is 5.71. The largest absolute Gasteiger partial charge is 0.479 e. The Morgan fingerprint density at radius 3 is 2.41 bits per heavy atom. The lowest BCUT2D eigenvalue weighted by molar-refractivity contribution is -0.298. The van der Waals surface area contributed by atoms with Crippen LogP contribution in [-0.2, 0) is 14.3 Å². The first-order valence-electron chi connectivity index (χ1n) is 5.07. The lowest BCUT2D eigenvalue weighted by atomic mass is 9.99. The number of aliphatic hydroxyl groups is 4. The Kier molecular flexibility index (Phi) is 4.80. The van der Waals surface area contributed by atoms with E-state index in [1.54, 1.807) is 0 Å². The molecule has 100 valence electrons. The molecule has 0 radical (unpaired) electrons. The summed E-state index contributed by atoms with van der Waals surface area (Å²) in [6.07, 6.45) is -8.40. The van der Waals surface area contributed by atoms with Crippen molar-refractivity contribution in [1.82, 2.24) is 0 Å². The van der Waals surface area contributed by atoms with E-state index in [9.17, 15) is 20.1 Å². The van der Waals surface area contributed by atoms with Gasteiger partial charge < -0.3 is 35.0 Å². The van der Waals surface area contributed by atoms with E-state index in [-0.39, 0.29) is 0 Å². The smallest absolute Gasteiger partial charge is 0.332 e. The molecule has 6 atom stereocenters. The summed E-state index contributed by atoms with van der Waals surface area (Å²) in [6.45, 7) is 0.652.